The zero-order valence-corrected chi connectivity index (χ0v) is 12.3. The summed E-state index contributed by atoms with van der Waals surface area (Å²) in [5, 5.41) is 8.48. The summed E-state index contributed by atoms with van der Waals surface area (Å²) in [6.07, 6.45) is 9.17. The van der Waals surface area contributed by atoms with Crippen molar-refractivity contribution in [3.63, 3.8) is 0 Å². The maximum atomic E-state index is 12.0. The van der Waals surface area contributed by atoms with Gasteiger partial charge in [0.1, 0.15) is 12.4 Å². The van der Waals surface area contributed by atoms with Crippen LogP contribution in [0.25, 0.3) is 5.65 Å². The van der Waals surface area contributed by atoms with Crippen LogP contribution in [0, 0.1) is 12.3 Å². The first-order valence-electron chi connectivity index (χ1n) is 7.44. The molecule has 1 atom stereocenters. The number of likely N-dealkylation sites (tertiary alicyclic amines) is 1. The summed E-state index contributed by atoms with van der Waals surface area (Å²) in [4.78, 5) is 13.8. The second-order valence-corrected chi connectivity index (χ2v) is 5.34. The van der Waals surface area contributed by atoms with Gasteiger partial charge in [0.2, 0.25) is 0 Å². The molecule has 0 saturated carbocycles. The Morgan fingerprint density at radius 1 is 1.45 bits per heavy atom. The molecule has 114 valence electrons. The number of pyridine rings is 1. The first-order valence-corrected chi connectivity index (χ1v) is 7.44. The molecule has 6 heteroatoms. The Bertz CT molecular complexity index is 703. The average molecular weight is 298 g/mol. The number of nitrogens with zero attached hydrogens (tertiary/aromatic N) is 4. The van der Waals surface area contributed by atoms with Crippen LogP contribution in [0.15, 0.2) is 24.4 Å². The van der Waals surface area contributed by atoms with Crippen molar-refractivity contribution in [1.82, 2.24) is 19.5 Å². The van der Waals surface area contributed by atoms with Gasteiger partial charge in [-0.3, -0.25) is 4.40 Å². The predicted octanol–water partition coefficient (Wildman–Crippen LogP) is 2.07. The highest BCUT2D eigenvalue weighted by Crippen LogP contribution is 2.26. The molecule has 0 unspecified atom stereocenters. The highest BCUT2D eigenvalue weighted by molar-refractivity contribution is 5.67. The number of amides is 1. The predicted molar refractivity (Wildman–Crippen MR) is 81.3 cm³/mol. The minimum Gasteiger partial charge on any atom is -0.448 e. The maximum Gasteiger partial charge on any atom is 0.409 e. The van der Waals surface area contributed by atoms with Gasteiger partial charge in [-0.05, 0) is 25.0 Å². The molecule has 0 aliphatic carbocycles. The number of fused-ring (bicyclic) bond motifs is 1. The molecule has 1 amide bonds. The van der Waals surface area contributed by atoms with E-state index >= 15 is 0 Å². The zero-order valence-electron chi connectivity index (χ0n) is 12.3. The first kappa shape index (κ1) is 14.4. The highest BCUT2D eigenvalue weighted by atomic mass is 16.6. The van der Waals surface area contributed by atoms with Gasteiger partial charge >= 0.3 is 6.09 Å². The summed E-state index contributed by atoms with van der Waals surface area (Å²) >= 11 is 0. The molecule has 2 aromatic heterocycles. The van der Waals surface area contributed by atoms with Crippen molar-refractivity contribution < 1.29 is 9.53 Å². The van der Waals surface area contributed by atoms with Crippen molar-refractivity contribution in [3.05, 3.63) is 30.2 Å². The van der Waals surface area contributed by atoms with Gasteiger partial charge in [0.05, 0.1) is 0 Å². The van der Waals surface area contributed by atoms with Crippen LogP contribution in [0.3, 0.4) is 0 Å². The molecule has 1 aliphatic rings. The molecule has 0 N–H and O–H groups in total. The number of hydrogen-bond acceptors (Lipinski definition) is 4. The summed E-state index contributed by atoms with van der Waals surface area (Å²) in [6, 6.07) is 5.81. The Balaban J connectivity index is 1.70. The Kier molecular flexibility index (Phi) is 4.24. The number of carbonyl (C=O) groups excluding carboxylic acids is 1. The van der Waals surface area contributed by atoms with Crippen LogP contribution in [0.5, 0.6) is 0 Å². The molecule has 6 nitrogen and oxygen atoms in total. The second kappa shape index (κ2) is 6.48. The van der Waals surface area contributed by atoms with Crippen LogP contribution in [0.4, 0.5) is 4.79 Å². The SMILES string of the molecule is C#CCCOC(=O)N1CCC[C@H](c2nnc3ccccn23)C1. The van der Waals surface area contributed by atoms with Gasteiger partial charge in [-0.2, -0.15) is 0 Å². The minimum absolute atomic E-state index is 0.173. The van der Waals surface area contributed by atoms with Crippen LogP contribution in [0.1, 0.15) is 31.0 Å². The lowest BCUT2D eigenvalue weighted by atomic mass is 9.97. The number of hydrogen-bond donors (Lipinski definition) is 0. The molecule has 3 heterocycles. The minimum atomic E-state index is -0.297. The van der Waals surface area contributed by atoms with Gasteiger partial charge in [0, 0.05) is 31.6 Å². The van der Waals surface area contributed by atoms with E-state index < -0.39 is 0 Å². The first-order chi connectivity index (χ1) is 10.8. The van der Waals surface area contributed by atoms with Crippen molar-refractivity contribution >= 4 is 11.7 Å². The lowest BCUT2D eigenvalue weighted by Gasteiger charge is -2.31. The van der Waals surface area contributed by atoms with Crippen LogP contribution < -0.4 is 0 Å². The number of ether oxygens (including phenoxy) is 1. The van der Waals surface area contributed by atoms with Crippen molar-refractivity contribution in [2.24, 2.45) is 0 Å². The Hall–Kier alpha value is -2.55. The molecule has 0 aromatic carbocycles. The molecule has 1 fully saturated rings. The normalized spacial score (nSPS) is 18.1. The molecule has 1 saturated heterocycles. The van der Waals surface area contributed by atoms with Crippen LogP contribution in [-0.4, -0.2) is 45.3 Å². The summed E-state index contributed by atoms with van der Waals surface area (Å²) in [6.45, 7) is 1.58. The van der Waals surface area contributed by atoms with E-state index in [1.807, 2.05) is 28.8 Å². The highest BCUT2D eigenvalue weighted by Gasteiger charge is 2.28. The number of rotatable bonds is 3. The molecule has 0 spiro atoms. The van der Waals surface area contributed by atoms with Crippen molar-refractivity contribution in [2.45, 2.75) is 25.2 Å². The van der Waals surface area contributed by atoms with Gasteiger partial charge in [0.25, 0.3) is 0 Å². The van der Waals surface area contributed by atoms with E-state index in [0.717, 1.165) is 24.3 Å². The van der Waals surface area contributed by atoms with E-state index in [9.17, 15) is 4.79 Å². The maximum absolute atomic E-state index is 12.0. The van der Waals surface area contributed by atoms with E-state index in [0.29, 0.717) is 19.5 Å². The monoisotopic (exact) mass is 298 g/mol. The molecule has 0 bridgehead atoms. The Morgan fingerprint density at radius 2 is 2.36 bits per heavy atom. The van der Waals surface area contributed by atoms with Gasteiger partial charge in [-0.25, -0.2) is 4.79 Å². The molecular formula is C16H18N4O2. The average Bonchev–Trinajstić information content (AvgIpc) is 2.99. The summed E-state index contributed by atoms with van der Waals surface area (Å²) in [5.74, 6) is 3.53. The van der Waals surface area contributed by atoms with Crippen LogP contribution in [0.2, 0.25) is 0 Å². The van der Waals surface area contributed by atoms with Crippen molar-refractivity contribution in [1.29, 1.82) is 0 Å². The number of piperidine rings is 1. The third-order valence-electron chi connectivity index (χ3n) is 3.86. The third kappa shape index (κ3) is 2.89. The Morgan fingerprint density at radius 3 is 3.23 bits per heavy atom. The third-order valence-corrected chi connectivity index (χ3v) is 3.86. The van der Waals surface area contributed by atoms with E-state index in [-0.39, 0.29) is 18.6 Å². The van der Waals surface area contributed by atoms with Crippen LogP contribution in [-0.2, 0) is 4.74 Å². The van der Waals surface area contributed by atoms with E-state index in [1.54, 1.807) is 4.90 Å². The molecule has 2 aromatic rings. The molecule has 1 aliphatic heterocycles. The quantitative estimate of drug-likeness (QED) is 0.643. The van der Waals surface area contributed by atoms with Gasteiger partial charge < -0.3 is 9.64 Å². The Labute approximate surface area is 129 Å². The number of terminal acetylenes is 1. The molecule has 22 heavy (non-hydrogen) atoms. The van der Waals surface area contributed by atoms with E-state index in [4.69, 9.17) is 11.2 Å². The molecule has 3 rings (SSSR count). The van der Waals surface area contributed by atoms with Crippen LogP contribution >= 0.6 is 0 Å². The topological polar surface area (TPSA) is 59.7 Å². The smallest absolute Gasteiger partial charge is 0.409 e. The fourth-order valence-corrected chi connectivity index (χ4v) is 2.78. The largest absolute Gasteiger partial charge is 0.448 e. The van der Waals surface area contributed by atoms with Gasteiger partial charge in [0.15, 0.2) is 5.65 Å². The fraction of sp³-hybridized carbons (Fsp3) is 0.438. The zero-order chi connectivity index (χ0) is 15.4. The fourth-order valence-electron chi connectivity index (χ4n) is 2.78. The second-order valence-electron chi connectivity index (χ2n) is 5.34. The van der Waals surface area contributed by atoms with Crippen molar-refractivity contribution in [2.75, 3.05) is 19.7 Å². The summed E-state index contributed by atoms with van der Waals surface area (Å²) in [5.41, 5.74) is 0.825. The lowest BCUT2D eigenvalue weighted by molar-refractivity contribution is 0.0926. The number of aromatic nitrogens is 3. The standard InChI is InChI=1S/C16H18N4O2/c1-2-3-11-22-16(21)19-9-6-7-13(12-19)15-18-17-14-8-4-5-10-20(14)15/h1,4-5,8,10,13H,3,6-7,9,11-12H2/t13-/m0/s1. The molecular weight excluding hydrogens is 280 g/mol. The van der Waals surface area contributed by atoms with Gasteiger partial charge in [-0.15, -0.1) is 22.5 Å². The van der Waals surface area contributed by atoms with Crippen molar-refractivity contribution in [3.8, 4) is 12.3 Å². The summed E-state index contributed by atoms with van der Waals surface area (Å²) in [7, 11) is 0. The lowest BCUT2D eigenvalue weighted by Crippen LogP contribution is -2.40. The van der Waals surface area contributed by atoms with E-state index in [2.05, 4.69) is 16.1 Å². The van der Waals surface area contributed by atoms with Gasteiger partial charge in [-0.1, -0.05) is 6.07 Å². The molecule has 0 radical (unpaired) electrons. The van der Waals surface area contributed by atoms with E-state index in [1.165, 1.54) is 0 Å². The summed E-state index contributed by atoms with van der Waals surface area (Å²) < 4.78 is 7.16. The number of carbonyl (C=O) groups is 1.